The topological polar surface area (TPSA) is 67.2 Å². The average Bonchev–Trinajstić information content (AvgIpc) is 2.63. The minimum Gasteiger partial charge on any atom is -0.396 e. The van der Waals surface area contributed by atoms with Crippen molar-refractivity contribution in [1.29, 1.82) is 0 Å². The van der Waals surface area contributed by atoms with Crippen molar-refractivity contribution in [2.75, 3.05) is 30.4 Å². The van der Waals surface area contributed by atoms with Crippen molar-refractivity contribution in [1.82, 2.24) is 5.32 Å². The van der Waals surface area contributed by atoms with Gasteiger partial charge in [0.15, 0.2) is 0 Å². The number of hydrogen-bond donors (Lipinski definition) is 3. The summed E-state index contributed by atoms with van der Waals surface area (Å²) in [5.41, 5.74) is 6.63. The first-order valence-corrected chi connectivity index (χ1v) is 8.03. The number of hydrogen-bond acceptors (Lipinski definition) is 5. The lowest BCUT2D eigenvalue weighted by Gasteiger charge is -2.08. The number of carbonyl (C=O) groups excluding carboxylic acids is 1. The number of anilines is 2. The summed E-state index contributed by atoms with van der Waals surface area (Å²) in [6.07, 6.45) is 1.97. The van der Waals surface area contributed by atoms with Gasteiger partial charge < -0.3 is 16.4 Å². The average molecular weight is 287 g/mol. The van der Waals surface area contributed by atoms with Crippen LogP contribution in [0.5, 0.6) is 0 Å². The molecule has 0 spiro atoms. The van der Waals surface area contributed by atoms with E-state index in [1.165, 1.54) is 11.3 Å². The van der Waals surface area contributed by atoms with Crippen LogP contribution in [0.4, 0.5) is 10.7 Å². The molecule has 0 saturated carbocycles. The zero-order valence-corrected chi connectivity index (χ0v) is 12.9. The maximum absolute atomic E-state index is 11.9. The van der Waals surface area contributed by atoms with Crippen LogP contribution in [0.2, 0.25) is 0 Å². The first-order valence-electron chi connectivity index (χ1n) is 5.99. The van der Waals surface area contributed by atoms with Gasteiger partial charge >= 0.3 is 0 Å². The zero-order chi connectivity index (χ0) is 13.7. The van der Waals surface area contributed by atoms with Crippen LogP contribution in [-0.2, 0) is 0 Å². The molecule has 1 rings (SSSR count). The molecule has 0 aliphatic heterocycles. The quantitative estimate of drug-likeness (QED) is 0.704. The molecule has 102 valence electrons. The number of nitrogens with one attached hydrogen (secondary N) is 2. The van der Waals surface area contributed by atoms with Crippen molar-refractivity contribution in [2.24, 2.45) is 5.92 Å². The highest BCUT2D eigenvalue weighted by atomic mass is 32.2. The van der Waals surface area contributed by atoms with Crippen molar-refractivity contribution >= 4 is 39.7 Å². The first-order chi connectivity index (χ1) is 8.51. The Labute approximate surface area is 117 Å². The third-order valence-corrected chi connectivity index (χ3v) is 4.44. The predicted octanol–water partition coefficient (Wildman–Crippen LogP) is 2.87. The van der Waals surface area contributed by atoms with Gasteiger partial charge in [-0.2, -0.15) is 0 Å². The van der Waals surface area contributed by atoms with Crippen LogP contribution in [0.3, 0.4) is 0 Å². The van der Waals surface area contributed by atoms with E-state index in [2.05, 4.69) is 24.5 Å². The summed E-state index contributed by atoms with van der Waals surface area (Å²) in [4.78, 5) is 13.4. The van der Waals surface area contributed by atoms with Crippen molar-refractivity contribution in [3.63, 3.8) is 0 Å². The second-order valence-corrected chi connectivity index (χ2v) is 6.18. The summed E-state index contributed by atoms with van der Waals surface area (Å²) < 4.78 is 0. The summed E-state index contributed by atoms with van der Waals surface area (Å²) in [6.45, 7) is 7.68. The van der Waals surface area contributed by atoms with Crippen LogP contribution in [0.25, 0.3) is 0 Å². The second kappa shape index (κ2) is 6.89. The molecule has 0 aliphatic rings. The largest absolute Gasteiger partial charge is 0.396 e. The van der Waals surface area contributed by atoms with Gasteiger partial charge in [0.25, 0.3) is 5.91 Å². The Morgan fingerprint density at radius 2 is 2.17 bits per heavy atom. The predicted molar refractivity (Wildman–Crippen MR) is 81.8 cm³/mol. The number of nitrogen functional groups attached to an aromatic ring is 1. The lowest BCUT2D eigenvalue weighted by atomic mass is 10.2. The molecule has 18 heavy (non-hydrogen) atoms. The van der Waals surface area contributed by atoms with E-state index < -0.39 is 0 Å². The number of thioether (sulfide) groups is 1. The highest BCUT2D eigenvalue weighted by molar-refractivity contribution is 7.99. The maximum atomic E-state index is 11.9. The Bertz CT molecular complexity index is 416. The minimum atomic E-state index is -0.0899. The Hall–Kier alpha value is -0.880. The molecule has 0 unspecified atom stereocenters. The van der Waals surface area contributed by atoms with E-state index in [4.69, 9.17) is 5.73 Å². The molecule has 4 nitrogen and oxygen atoms in total. The fourth-order valence-corrected chi connectivity index (χ4v) is 3.41. The molecule has 0 radical (unpaired) electrons. The third-order valence-electron chi connectivity index (χ3n) is 2.32. The smallest absolute Gasteiger partial charge is 0.263 e. The highest BCUT2D eigenvalue weighted by Crippen LogP contribution is 2.41. The molecule has 0 fully saturated rings. The van der Waals surface area contributed by atoms with Gasteiger partial charge in [0.1, 0.15) is 9.88 Å². The summed E-state index contributed by atoms with van der Waals surface area (Å²) in [5.74, 6) is 0.462. The van der Waals surface area contributed by atoms with Crippen molar-refractivity contribution < 1.29 is 4.79 Å². The Morgan fingerprint density at radius 3 is 2.67 bits per heavy atom. The molecule has 0 aliphatic carbocycles. The zero-order valence-electron chi connectivity index (χ0n) is 11.3. The SMILES string of the molecule is CCNC(=O)c1sc(NCC(C)C)c(SC)c1N. The van der Waals surface area contributed by atoms with E-state index >= 15 is 0 Å². The lowest BCUT2D eigenvalue weighted by molar-refractivity contribution is 0.0960. The van der Waals surface area contributed by atoms with Crippen LogP contribution in [-0.4, -0.2) is 25.3 Å². The van der Waals surface area contributed by atoms with Gasteiger partial charge in [0, 0.05) is 13.1 Å². The molecule has 0 saturated heterocycles. The highest BCUT2D eigenvalue weighted by Gasteiger charge is 2.20. The molecular formula is C12H21N3OS2. The standard InChI is InChI=1S/C12H21N3OS2/c1-5-14-11(16)9-8(13)10(17-4)12(18-9)15-6-7(2)3/h7,15H,5-6,13H2,1-4H3,(H,14,16). The minimum absolute atomic E-state index is 0.0899. The lowest BCUT2D eigenvalue weighted by Crippen LogP contribution is -2.22. The van der Waals surface area contributed by atoms with Gasteiger partial charge in [-0.15, -0.1) is 23.1 Å². The van der Waals surface area contributed by atoms with Gasteiger partial charge in [-0.3, -0.25) is 4.79 Å². The van der Waals surface area contributed by atoms with E-state index in [1.807, 2.05) is 13.2 Å². The summed E-state index contributed by atoms with van der Waals surface area (Å²) in [6, 6.07) is 0. The number of rotatable bonds is 6. The molecule has 0 atom stereocenters. The maximum Gasteiger partial charge on any atom is 0.263 e. The van der Waals surface area contributed by atoms with E-state index in [0.717, 1.165) is 16.4 Å². The molecule has 1 heterocycles. The van der Waals surface area contributed by atoms with Crippen LogP contribution < -0.4 is 16.4 Å². The van der Waals surface area contributed by atoms with Gasteiger partial charge in [0.2, 0.25) is 0 Å². The fraction of sp³-hybridized carbons (Fsp3) is 0.583. The summed E-state index contributed by atoms with van der Waals surface area (Å²) >= 11 is 3.00. The van der Waals surface area contributed by atoms with E-state index in [0.29, 0.717) is 23.0 Å². The fourth-order valence-electron chi connectivity index (χ4n) is 1.45. The Balaban J connectivity index is 2.97. The number of thiophene rings is 1. The molecule has 4 N–H and O–H groups in total. The molecule has 0 aromatic carbocycles. The van der Waals surface area contributed by atoms with Gasteiger partial charge in [-0.25, -0.2) is 0 Å². The second-order valence-electron chi connectivity index (χ2n) is 4.34. The summed E-state index contributed by atoms with van der Waals surface area (Å²) in [7, 11) is 0. The number of amides is 1. The van der Waals surface area contributed by atoms with Crippen LogP contribution >= 0.6 is 23.1 Å². The number of carbonyl (C=O) groups is 1. The molecule has 0 bridgehead atoms. The van der Waals surface area contributed by atoms with Gasteiger partial charge in [0.05, 0.1) is 10.6 Å². The third kappa shape index (κ3) is 3.55. The molecule has 6 heteroatoms. The monoisotopic (exact) mass is 287 g/mol. The van der Waals surface area contributed by atoms with Crippen molar-refractivity contribution in [2.45, 2.75) is 25.7 Å². The molecular weight excluding hydrogens is 266 g/mol. The number of nitrogens with two attached hydrogens (primary N) is 1. The Kier molecular flexibility index (Phi) is 5.81. The summed E-state index contributed by atoms with van der Waals surface area (Å²) in [5, 5.41) is 7.14. The van der Waals surface area contributed by atoms with Crippen molar-refractivity contribution in [3.8, 4) is 0 Å². The normalized spacial score (nSPS) is 10.7. The van der Waals surface area contributed by atoms with Crippen LogP contribution in [0.15, 0.2) is 4.90 Å². The van der Waals surface area contributed by atoms with Crippen LogP contribution in [0, 0.1) is 5.92 Å². The van der Waals surface area contributed by atoms with E-state index in [9.17, 15) is 4.79 Å². The van der Waals surface area contributed by atoms with Crippen LogP contribution in [0.1, 0.15) is 30.4 Å². The van der Waals surface area contributed by atoms with Gasteiger partial charge in [-0.05, 0) is 19.1 Å². The molecule has 1 aromatic rings. The van der Waals surface area contributed by atoms with E-state index in [-0.39, 0.29) is 5.91 Å². The van der Waals surface area contributed by atoms with Crippen molar-refractivity contribution in [3.05, 3.63) is 4.88 Å². The molecule has 1 amide bonds. The van der Waals surface area contributed by atoms with E-state index in [1.54, 1.807) is 11.8 Å². The Morgan fingerprint density at radius 1 is 1.50 bits per heavy atom. The first kappa shape index (κ1) is 15.2. The van der Waals surface area contributed by atoms with Gasteiger partial charge in [-0.1, -0.05) is 13.8 Å². The molecule has 1 aromatic heterocycles.